The summed E-state index contributed by atoms with van der Waals surface area (Å²) in [5, 5.41) is 12.7. The van der Waals surface area contributed by atoms with Crippen LogP contribution >= 0.6 is 11.6 Å². The number of carbonyl (C=O) groups is 1. The van der Waals surface area contributed by atoms with E-state index >= 15 is 0 Å². The maximum absolute atomic E-state index is 11.9. The Balaban J connectivity index is 1.96. The van der Waals surface area contributed by atoms with Gasteiger partial charge in [-0.3, -0.25) is 9.69 Å². The molecule has 19 heavy (non-hydrogen) atoms. The van der Waals surface area contributed by atoms with Crippen LogP contribution in [0.1, 0.15) is 6.42 Å². The minimum Gasteiger partial charge on any atom is -0.495 e. The van der Waals surface area contributed by atoms with Gasteiger partial charge in [-0.15, -0.1) is 0 Å². The molecule has 5 nitrogen and oxygen atoms in total. The van der Waals surface area contributed by atoms with E-state index in [1.807, 2.05) is 4.90 Å². The molecule has 0 unspecified atom stereocenters. The molecule has 1 atom stereocenters. The number of halogens is 1. The Morgan fingerprint density at radius 3 is 3.05 bits per heavy atom. The minimum absolute atomic E-state index is 0.144. The number of amides is 1. The molecule has 2 N–H and O–H groups in total. The summed E-state index contributed by atoms with van der Waals surface area (Å²) < 4.78 is 5.16. The van der Waals surface area contributed by atoms with Crippen LogP contribution in [0.3, 0.4) is 0 Å². The van der Waals surface area contributed by atoms with E-state index < -0.39 is 0 Å². The van der Waals surface area contributed by atoms with E-state index in [-0.39, 0.29) is 18.6 Å². The van der Waals surface area contributed by atoms with Gasteiger partial charge in [0.1, 0.15) is 5.75 Å². The summed E-state index contributed by atoms with van der Waals surface area (Å²) in [7, 11) is 1.54. The minimum atomic E-state index is -0.325. The predicted molar refractivity (Wildman–Crippen MR) is 73.7 cm³/mol. The molecule has 1 aliphatic heterocycles. The third kappa shape index (κ3) is 3.83. The molecule has 0 bridgehead atoms. The van der Waals surface area contributed by atoms with Gasteiger partial charge in [0.25, 0.3) is 0 Å². The van der Waals surface area contributed by atoms with Crippen molar-refractivity contribution in [1.82, 2.24) is 4.90 Å². The molecule has 1 heterocycles. The number of nitrogens with zero attached hydrogens (tertiary/aromatic N) is 1. The van der Waals surface area contributed by atoms with Gasteiger partial charge in [-0.2, -0.15) is 0 Å². The number of aliphatic hydroxyl groups is 1. The molecule has 0 spiro atoms. The highest BCUT2D eigenvalue weighted by Crippen LogP contribution is 2.27. The molecular formula is C13H17ClN2O3. The molecule has 0 radical (unpaired) electrons. The van der Waals surface area contributed by atoms with Crippen molar-refractivity contribution in [2.45, 2.75) is 12.5 Å². The number of aliphatic hydroxyl groups excluding tert-OH is 1. The lowest BCUT2D eigenvalue weighted by molar-refractivity contribution is -0.117. The quantitative estimate of drug-likeness (QED) is 0.876. The van der Waals surface area contributed by atoms with Gasteiger partial charge in [-0.05, 0) is 24.6 Å². The van der Waals surface area contributed by atoms with Crippen molar-refractivity contribution in [2.75, 3.05) is 32.1 Å². The van der Waals surface area contributed by atoms with Gasteiger partial charge in [-0.25, -0.2) is 0 Å². The zero-order chi connectivity index (χ0) is 13.8. The summed E-state index contributed by atoms with van der Waals surface area (Å²) in [5.74, 6) is 0.425. The number of anilines is 1. The fourth-order valence-corrected chi connectivity index (χ4v) is 2.30. The highest BCUT2D eigenvalue weighted by Gasteiger charge is 2.22. The summed E-state index contributed by atoms with van der Waals surface area (Å²) in [6.45, 7) is 1.54. The number of benzene rings is 1. The molecule has 1 aromatic carbocycles. The summed E-state index contributed by atoms with van der Waals surface area (Å²) >= 11 is 5.90. The number of rotatable bonds is 4. The molecule has 1 aromatic rings. The molecule has 0 aliphatic carbocycles. The maximum atomic E-state index is 11.9. The third-order valence-corrected chi connectivity index (χ3v) is 3.29. The Hall–Kier alpha value is -1.30. The zero-order valence-electron chi connectivity index (χ0n) is 10.7. The second kappa shape index (κ2) is 6.23. The van der Waals surface area contributed by atoms with Crippen molar-refractivity contribution in [2.24, 2.45) is 0 Å². The number of ether oxygens (including phenoxy) is 1. The van der Waals surface area contributed by atoms with Gasteiger partial charge in [-0.1, -0.05) is 11.6 Å². The highest BCUT2D eigenvalue weighted by molar-refractivity contribution is 6.31. The molecule has 2 rings (SSSR count). The van der Waals surface area contributed by atoms with Crippen LogP contribution in [0.25, 0.3) is 0 Å². The van der Waals surface area contributed by atoms with Gasteiger partial charge >= 0.3 is 0 Å². The van der Waals surface area contributed by atoms with Crippen molar-refractivity contribution in [3.05, 3.63) is 23.2 Å². The fraction of sp³-hybridized carbons (Fsp3) is 0.462. The first-order valence-corrected chi connectivity index (χ1v) is 6.50. The lowest BCUT2D eigenvalue weighted by atomic mass is 10.3. The lowest BCUT2D eigenvalue weighted by Crippen LogP contribution is -2.32. The van der Waals surface area contributed by atoms with Crippen molar-refractivity contribution in [3.8, 4) is 5.75 Å². The maximum Gasteiger partial charge on any atom is 0.238 e. The SMILES string of the molecule is COc1ccc(Cl)cc1NC(=O)CN1CC[C@H](O)C1. The van der Waals surface area contributed by atoms with Crippen molar-refractivity contribution in [1.29, 1.82) is 0 Å². The van der Waals surface area contributed by atoms with E-state index in [1.165, 1.54) is 7.11 Å². The summed E-state index contributed by atoms with van der Waals surface area (Å²) in [6, 6.07) is 5.06. The number of methoxy groups -OCH3 is 1. The first-order valence-electron chi connectivity index (χ1n) is 6.12. The number of carbonyl (C=O) groups excluding carboxylic acids is 1. The normalized spacial score (nSPS) is 19.4. The van der Waals surface area contributed by atoms with Gasteiger partial charge in [0.2, 0.25) is 5.91 Å². The van der Waals surface area contributed by atoms with Gasteiger partial charge in [0.05, 0.1) is 25.4 Å². The van der Waals surface area contributed by atoms with Crippen LogP contribution in [0.5, 0.6) is 5.75 Å². The molecule has 1 saturated heterocycles. The number of hydrogen-bond donors (Lipinski definition) is 2. The Morgan fingerprint density at radius 2 is 2.42 bits per heavy atom. The fourth-order valence-electron chi connectivity index (χ4n) is 2.13. The Morgan fingerprint density at radius 1 is 1.63 bits per heavy atom. The standard InChI is InChI=1S/C13H17ClN2O3/c1-19-12-3-2-9(14)6-11(12)15-13(18)8-16-5-4-10(17)7-16/h2-3,6,10,17H,4-5,7-8H2,1H3,(H,15,18)/t10-/m0/s1. The van der Waals surface area contributed by atoms with E-state index in [1.54, 1.807) is 18.2 Å². The van der Waals surface area contributed by atoms with Gasteiger partial charge in [0.15, 0.2) is 0 Å². The molecule has 1 fully saturated rings. The summed E-state index contributed by atoms with van der Waals surface area (Å²) in [6.07, 6.45) is 0.391. The Kier molecular flexibility index (Phi) is 4.63. The van der Waals surface area contributed by atoms with E-state index in [2.05, 4.69) is 5.32 Å². The van der Waals surface area contributed by atoms with Crippen LogP contribution in [-0.2, 0) is 4.79 Å². The van der Waals surface area contributed by atoms with E-state index in [0.717, 1.165) is 6.54 Å². The van der Waals surface area contributed by atoms with Crippen LogP contribution < -0.4 is 10.1 Å². The first-order chi connectivity index (χ1) is 9.08. The Labute approximate surface area is 117 Å². The van der Waals surface area contributed by atoms with Gasteiger partial charge in [0, 0.05) is 18.1 Å². The molecule has 0 saturated carbocycles. The van der Waals surface area contributed by atoms with Crippen molar-refractivity contribution < 1.29 is 14.6 Å². The number of hydrogen-bond acceptors (Lipinski definition) is 4. The summed E-state index contributed by atoms with van der Waals surface area (Å²) in [4.78, 5) is 13.8. The molecule has 6 heteroatoms. The monoisotopic (exact) mass is 284 g/mol. The van der Waals surface area contributed by atoms with Crippen LogP contribution in [-0.4, -0.2) is 48.8 Å². The topological polar surface area (TPSA) is 61.8 Å². The Bertz CT molecular complexity index is 467. The third-order valence-electron chi connectivity index (χ3n) is 3.05. The first kappa shape index (κ1) is 14.1. The average molecular weight is 285 g/mol. The zero-order valence-corrected chi connectivity index (χ0v) is 11.5. The van der Waals surface area contributed by atoms with E-state index in [0.29, 0.717) is 29.4 Å². The lowest BCUT2D eigenvalue weighted by Gasteiger charge is -2.15. The number of β-amino-alcohol motifs (C(OH)–C–C–N with tert-alkyl or cyclic N) is 1. The molecule has 0 aromatic heterocycles. The molecule has 104 valence electrons. The van der Waals surface area contributed by atoms with Crippen molar-refractivity contribution >= 4 is 23.2 Å². The smallest absolute Gasteiger partial charge is 0.238 e. The largest absolute Gasteiger partial charge is 0.495 e. The second-order valence-electron chi connectivity index (χ2n) is 4.57. The molecular weight excluding hydrogens is 268 g/mol. The molecule has 1 aliphatic rings. The van der Waals surface area contributed by atoms with Crippen LogP contribution in [0, 0.1) is 0 Å². The van der Waals surface area contributed by atoms with E-state index in [4.69, 9.17) is 16.3 Å². The van der Waals surface area contributed by atoms with Crippen LogP contribution in [0.15, 0.2) is 18.2 Å². The number of likely N-dealkylation sites (tertiary alicyclic amines) is 1. The van der Waals surface area contributed by atoms with Crippen LogP contribution in [0.2, 0.25) is 5.02 Å². The second-order valence-corrected chi connectivity index (χ2v) is 5.01. The highest BCUT2D eigenvalue weighted by atomic mass is 35.5. The number of nitrogens with one attached hydrogen (secondary N) is 1. The summed E-state index contributed by atoms with van der Waals surface area (Å²) in [5.41, 5.74) is 0.555. The van der Waals surface area contributed by atoms with Crippen LogP contribution in [0.4, 0.5) is 5.69 Å². The van der Waals surface area contributed by atoms with Crippen molar-refractivity contribution in [3.63, 3.8) is 0 Å². The predicted octanol–water partition coefficient (Wildman–Crippen LogP) is 1.35. The molecule has 1 amide bonds. The van der Waals surface area contributed by atoms with E-state index in [9.17, 15) is 9.90 Å². The average Bonchev–Trinajstić information content (AvgIpc) is 2.75. The van der Waals surface area contributed by atoms with Gasteiger partial charge < -0.3 is 15.2 Å².